The number of ether oxygens (including phenoxy) is 1. The Kier molecular flexibility index (Phi) is 8.01. The fourth-order valence-electron chi connectivity index (χ4n) is 2.61. The van der Waals surface area contributed by atoms with Crippen LogP contribution in [0.4, 0.5) is 0 Å². The normalized spacial score (nSPS) is 20.9. The molecule has 0 unspecified atom stereocenters. The number of halogens is 2. The highest BCUT2D eigenvalue weighted by Crippen LogP contribution is 2.18. The maximum absolute atomic E-state index is 12.4. The van der Waals surface area contributed by atoms with E-state index in [4.69, 9.17) is 16.3 Å². The van der Waals surface area contributed by atoms with Crippen LogP contribution < -0.4 is 10.1 Å². The number of benzene rings is 1. The third kappa shape index (κ3) is 5.67. The summed E-state index contributed by atoms with van der Waals surface area (Å²) in [5, 5.41) is 4.06. The van der Waals surface area contributed by atoms with Crippen molar-refractivity contribution in [3.05, 3.63) is 29.3 Å². The van der Waals surface area contributed by atoms with Crippen LogP contribution in [0.2, 0.25) is 5.02 Å². The quantitative estimate of drug-likeness (QED) is 0.890. The molecule has 0 bridgehead atoms. The van der Waals surface area contributed by atoms with Crippen LogP contribution in [0, 0.1) is 5.92 Å². The van der Waals surface area contributed by atoms with Gasteiger partial charge in [-0.2, -0.15) is 0 Å². The van der Waals surface area contributed by atoms with E-state index in [1.54, 1.807) is 17.0 Å². The third-order valence-electron chi connectivity index (χ3n) is 3.86. The fraction of sp³-hybridized carbons (Fsp3) is 0.562. The summed E-state index contributed by atoms with van der Waals surface area (Å²) in [7, 11) is 1.85. The van der Waals surface area contributed by atoms with Gasteiger partial charge in [0.05, 0.1) is 6.54 Å². The van der Waals surface area contributed by atoms with E-state index < -0.39 is 0 Å². The number of rotatable bonds is 5. The van der Waals surface area contributed by atoms with E-state index in [0.29, 0.717) is 24.2 Å². The first-order valence-electron chi connectivity index (χ1n) is 7.43. The van der Waals surface area contributed by atoms with Crippen molar-refractivity contribution in [3.63, 3.8) is 0 Å². The molecule has 4 nitrogen and oxygen atoms in total. The predicted octanol–water partition coefficient (Wildman–Crippen LogP) is 2.99. The number of likely N-dealkylation sites (N-methyl/N-ethyl adjacent to an activating group) is 1. The largest absolute Gasteiger partial charge is 0.492 e. The van der Waals surface area contributed by atoms with E-state index in [2.05, 4.69) is 12.2 Å². The van der Waals surface area contributed by atoms with Gasteiger partial charge in [0.2, 0.25) is 5.91 Å². The molecule has 2 atom stereocenters. The molecule has 0 aliphatic carbocycles. The number of carbonyl (C=O) groups is 1. The molecule has 1 aromatic rings. The SMILES string of the molecule is C[C@H]1C[C@@H](C(=O)N(C)CCOc2ccc(Cl)cc2)CCN1.Cl. The Morgan fingerprint density at radius 1 is 1.41 bits per heavy atom. The first-order chi connectivity index (χ1) is 10.1. The van der Waals surface area contributed by atoms with Crippen LogP contribution >= 0.6 is 24.0 Å². The second-order valence-corrected chi connectivity index (χ2v) is 6.08. The number of amides is 1. The summed E-state index contributed by atoms with van der Waals surface area (Å²) < 4.78 is 5.63. The molecular weight excluding hydrogens is 323 g/mol. The molecule has 0 saturated carbocycles. The van der Waals surface area contributed by atoms with Gasteiger partial charge in [0.15, 0.2) is 0 Å². The molecule has 1 saturated heterocycles. The van der Waals surface area contributed by atoms with Gasteiger partial charge in [-0.3, -0.25) is 4.79 Å². The van der Waals surface area contributed by atoms with Gasteiger partial charge in [-0.15, -0.1) is 12.4 Å². The molecule has 1 amide bonds. The Labute approximate surface area is 143 Å². The number of hydrogen-bond donors (Lipinski definition) is 1. The van der Waals surface area contributed by atoms with E-state index in [1.807, 2.05) is 19.2 Å². The van der Waals surface area contributed by atoms with Crippen molar-refractivity contribution in [2.24, 2.45) is 5.92 Å². The molecule has 6 heteroatoms. The monoisotopic (exact) mass is 346 g/mol. The average molecular weight is 347 g/mol. The molecule has 124 valence electrons. The Bertz CT molecular complexity index is 468. The van der Waals surface area contributed by atoms with Crippen molar-refractivity contribution in [2.75, 3.05) is 26.7 Å². The highest BCUT2D eigenvalue weighted by atomic mass is 35.5. The summed E-state index contributed by atoms with van der Waals surface area (Å²) in [6, 6.07) is 7.67. The minimum absolute atomic E-state index is 0. The zero-order chi connectivity index (χ0) is 15.2. The summed E-state index contributed by atoms with van der Waals surface area (Å²) in [5.74, 6) is 1.14. The van der Waals surface area contributed by atoms with E-state index in [9.17, 15) is 4.79 Å². The first-order valence-corrected chi connectivity index (χ1v) is 7.81. The Balaban J connectivity index is 0.00000242. The Morgan fingerprint density at radius 2 is 2.09 bits per heavy atom. The maximum Gasteiger partial charge on any atom is 0.225 e. The topological polar surface area (TPSA) is 41.6 Å². The van der Waals surface area contributed by atoms with Crippen LogP contribution in [0.3, 0.4) is 0 Å². The molecule has 1 fully saturated rings. The van der Waals surface area contributed by atoms with Gasteiger partial charge in [0.25, 0.3) is 0 Å². The van der Waals surface area contributed by atoms with Crippen molar-refractivity contribution >= 4 is 29.9 Å². The number of nitrogens with zero attached hydrogens (tertiary/aromatic N) is 1. The Hall–Kier alpha value is -0.970. The lowest BCUT2D eigenvalue weighted by Crippen LogP contribution is -2.43. The molecule has 1 N–H and O–H groups in total. The average Bonchev–Trinajstić information content (AvgIpc) is 2.48. The lowest BCUT2D eigenvalue weighted by atomic mass is 9.92. The van der Waals surface area contributed by atoms with Crippen molar-refractivity contribution in [3.8, 4) is 5.75 Å². The minimum atomic E-state index is 0. The zero-order valence-electron chi connectivity index (χ0n) is 13.0. The number of nitrogens with one attached hydrogen (secondary N) is 1. The number of piperidine rings is 1. The van der Waals surface area contributed by atoms with Crippen LogP contribution in [0.1, 0.15) is 19.8 Å². The smallest absolute Gasteiger partial charge is 0.225 e. The van der Waals surface area contributed by atoms with Gasteiger partial charge in [-0.05, 0) is 50.6 Å². The molecule has 0 aromatic heterocycles. The van der Waals surface area contributed by atoms with Crippen molar-refractivity contribution in [1.82, 2.24) is 10.2 Å². The van der Waals surface area contributed by atoms with E-state index in [0.717, 1.165) is 25.1 Å². The first kappa shape index (κ1) is 19.1. The second kappa shape index (κ2) is 9.23. The van der Waals surface area contributed by atoms with Crippen molar-refractivity contribution in [2.45, 2.75) is 25.8 Å². The molecule has 0 spiro atoms. The second-order valence-electron chi connectivity index (χ2n) is 5.64. The molecule has 22 heavy (non-hydrogen) atoms. The van der Waals surface area contributed by atoms with Crippen LogP contribution in [0.5, 0.6) is 5.75 Å². The van der Waals surface area contributed by atoms with Crippen LogP contribution in [-0.2, 0) is 4.79 Å². The van der Waals surface area contributed by atoms with Crippen LogP contribution in [0.15, 0.2) is 24.3 Å². The van der Waals surface area contributed by atoms with E-state index in [1.165, 1.54) is 0 Å². The van der Waals surface area contributed by atoms with Gasteiger partial charge in [0.1, 0.15) is 12.4 Å². The predicted molar refractivity (Wildman–Crippen MR) is 92.0 cm³/mol. The fourth-order valence-corrected chi connectivity index (χ4v) is 2.74. The van der Waals surface area contributed by atoms with Gasteiger partial charge < -0.3 is 15.0 Å². The standard InChI is InChI=1S/C16H23ClN2O2.ClH/c1-12-11-13(7-8-18-12)16(20)19(2)9-10-21-15-5-3-14(17)4-6-15;/h3-6,12-13,18H,7-11H2,1-2H3;1H/t12-,13-;/m0./s1. The molecule has 1 aromatic carbocycles. The number of carbonyl (C=O) groups excluding carboxylic acids is 1. The number of hydrogen-bond acceptors (Lipinski definition) is 3. The van der Waals surface area contributed by atoms with E-state index in [-0.39, 0.29) is 24.2 Å². The van der Waals surface area contributed by atoms with Crippen molar-refractivity contribution < 1.29 is 9.53 Å². The van der Waals surface area contributed by atoms with Crippen molar-refractivity contribution in [1.29, 1.82) is 0 Å². The minimum Gasteiger partial charge on any atom is -0.492 e. The van der Waals surface area contributed by atoms with Gasteiger partial charge in [-0.1, -0.05) is 11.6 Å². The van der Waals surface area contributed by atoms with Crippen LogP contribution in [-0.4, -0.2) is 43.6 Å². The maximum atomic E-state index is 12.4. The molecule has 1 heterocycles. The van der Waals surface area contributed by atoms with E-state index >= 15 is 0 Å². The van der Waals surface area contributed by atoms with Gasteiger partial charge >= 0.3 is 0 Å². The van der Waals surface area contributed by atoms with Gasteiger partial charge in [-0.25, -0.2) is 0 Å². The van der Waals surface area contributed by atoms with Gasteiger partial charge in [0, 0.05) is 24.0 Å². The molecule has 1 aliphatic heterocycles. The Morgan fingerprint density at radius 3 is 2.73 bits per heavy atom. The summed E-state index contributed by atoms with van der Waals surface area (Å²) in [6.07, 6.45) is 1.84. The summed E-state index contributed by atoms with van der Waals surface area (Å²) >= 11 is 5.82. The zero-order valence-corrected chi connectivity index (χ0v) is 14.6. The summed E-state index contributed by atoms with van der Waals surface area (Å²) in [4.78, 5) is 14.1. The molecule has 0 radical (unpaired) electrons. The lowest BCUT2D eigenvalue weighted by Gasteiger charge is -2.30. The highest BCUT2D eigenvalue weighted by molar-refractivity contribution is 6.30. The summed E-state index contributed by atoms with van der Waals surface area (Å²) in [6.45, 7) is 4.14. The highest BCUT2D eigenvalue weighted by Gasteiger charge is 2.26. The molecule has 1 aliphatic rings. The lowest BCUT2D eigenvalue weighted by molar-refractivity contribution is -0.135. The van der Waals surface area contributed by atoms with Crippen LogP contribution in [0.25, 0.3) is 0 Å². The molecule has 2 rings (SSSR count). The molecular formula is C16H24Cl2N2O2. The third-order valence-corrected chi connectivity index (χ3v) is 4.11. The summed E-state index contributed by atoms with van der Waals surface area (Å²) in [5.41, 5.74) is 0.